The van der Waals surface area contributed by atoms with Crippen LogP contribution >= 0.6 is 11.6 Å². The molecule has 1 fully saturated rings. The minimum Gasteiger partial charge on any atom is -0.488 e. The van der Waals surface area contributed by atoms with E-state index in [2.05, 4.69) is 10.6 Å². The molecule has 2 aliphatic rings. The second-order valence-corrected chi connectivity index (χ2v) is 6.00. The minimum absolute atomic E-state index is 0.0498. The molecule has 0 bridgehead atoms. The largest absolute Gasteiger partial charge is 0.488 e. The summed E-state index contributed by atoms with van der Waals surface area (Å²) < 4.78 is 5.60. The highest BCUT2D eigenvalue weighted by Gasteiger charge is 2.19. The Morgan fingerprint density at radius 2 is 2.38 bits per heavy atom. The highest BCUT2D eigenvalue weighted by atomic mass is 35.5. The monoisotopic (exact) mass is 306 g/mol. The van der Waals surface area contributed by atoms with E-state index in [0.717, 1.165) is 24.4 Å². The van der Waals surface area contributed by atoms with Gasteiger partial charge in [0.05, 0.1) is 5.57 Å². The Bertz CT molecular complexity index is 565. The van der Waals surface area contributed by atoms with E-state index >= 15 is 0 Å². The Morgan fingerprint density at radius 1 is 1.48 bits per heavy atom. The Kier molecular flexibility index (Phi) is 4.46. The van der Waals surface area contributed by atoms with Crippen LogP contribution in [0.4, 0.5) is 0 Å². The van der Waals surface area contributed by atoms with E-state index in [9.17, 15) is 4.79 Å². The number of hydrogen-bond acceptors (Lipinski definition) is 3. The highest BCUT2D eigenvalue weighted by molar-refractivity contribution is 6.30. The third-order valence-electron chi connectivity index (χ3n) is 3.93. The number of carbonyl (C=O) groups excluding carboxylic acids is 1. The second kappa shape index (κ2) is 6.50. The van der Waals surface area contributed by atoms with Gasteiger partial charge in [0, 0.05) is 17.1 Å². The Balaban J connectivity index is 1.62. The van der Waals surface area contributed by atoms with Crippen molar-refractivity contribution in [1.29, 1.82) is 0 Å². The van der Waals surface area contributed by atoms with Crippen molar-refractivity contribution in [2.75, 3.05) is 26.2 Å². The van der Waals surface area contributed by atoms with E-state index in [1.807, 2.05) is 18.2 Å². The van der Waals surface area contributed by atoms with Crippen molar-refractivity contribution >= 4 is 23.6 Å². The molecule has 1 aromatic rings. The van der Waals surface area contributed by atoms with E-state index in [-0.39, 0.29) is 5.91 Å². The van der Waals surface area contributed by atoms with Gasteiger partial charge in [0.25, 0.3) is 5.91 Å². The molecular formula is C16H19ClN2O2. The first kappa shape index (κ1) is 14.4. The van der Waals surface area contributed by atoms with Gasteiger partial charge in [-0.3, -0.25) is 4.79 Å². The Hall–Kier alpha value is -1.52. The number of fused-ring (bicyclic) bond motifs is 1. The number of ether oxygens (including phenoxy) is 1. The van der Waals surface area contributed by atoms with Crippen molar-refractivity contribution in [2.24, 2.45) is 5.92 Å². The normalized spacial score (nSPS) is 21.0. The average molecular weight is 307 g/mol. The predicted molar refractivity (Wildman–Crippen MR) is 83.5 cm³/mol. The maximum Gasteiger partial charge on any atom is 0.250 e. The van der Waals surface area contributed by atoms with Gasteiger partial charge in [-0.05, 0) is 56.1 Å². The molecule has 0 saturated carbocycles. The van der Waals surface area contributed by atoms with Crippen molar-refractivity contribution in [3.63, 3.8) is 0 Å². The molecule has 4 nitrogen and oxygen atoms in total. The Labute approximate surface area is 129 Å². The van der Waals surface area contributed by atoms with Gasteiger partial charge in [0.15, 0.2) is 0 Å². The van der Waals surface area contributed by atoms with Gasteiger partial charge in [-0.1, -0.05) is 11.6 Å². The van der Waals surface area contributed by atoms with E-state index in [1.165, 1.54) is 12.8 Å². The SMILES string of the molecule is O=C(NCC1CCCNC1)C1=Cc2cc(Cl)ccc2OC1. The fraction of sp³-hybridized carbons (Fsp3) is 0.438. The predicted octanol–water partition coefficient (Wildman–Crippen LogP) is 2.23. The van der Waals surface area contributed by atoms with Crippen molar-refractivity contribution < 1.29 is 9.53 Å². The van der Waals surface area contributed by atoms with Gasteiger partial charge in [0.2, 0.25) is 0 Å². The van der Waals surface area contributed by atoms with Crippen LogP contribution in [-0.4, -0.2) is 32.1 Å². The standard InChI is InChI=1S/C16H19ClN2O2/c17-14-3-4-15-12(7-14)6-13(10-21-15)16(20)19-9-11-2-1-5-18-8-11/h3-4,6-7,11,18H,1-2,5,8-10H2,(H,19,20). The summed E-state index contributed by atoms with van der Waals surface area (Å²) in [7, 11) is 0. The zero-order valence-corrected chi connectivity index (χ0v) is 12.6. The lowest BCUT2D eigenvalue weighted by atomic mass is 9.99. The van der Waals surface area contributed by atoms with Gasteiger partial charge in [-0.15, -0.1) is 0 Å². The van der Waals surface area contributed by atoms with Crippen LogP contribution in [0.15, 0.2) is 23.8 Å². The lowest BCUT2D eigenvalue weighted by Gasteiger charge is -2.23. The second-order valence-electron chi connectivity index (χ2n) is 5.56. The molecule has 5 heteroatoms. The molecule has 2 N–H and O–H groups in total. The number of rotatable bonds is 3. The molecule has 112 valence electrons. The number of amides is 1. The number of nitrogens with one attached hydrogen (secondary N) is 2. The van der Waals surface area contributed by atoms with Crippen LogP contribution in [0.5, 0.6) is 5.75 Å². The van der Waals surface area contributed by atoms with E-state index < -0.39 is 0 Å². The van der Waals surface area contributed by atoms with Gasteiger partial charge in [-0.2, -0.15) is 0 Å². The molecule has 2 heterocycles. The number of piperidine rings is 1. The molecule has 0 spiro atoms. The quantitative estimate of drug-likeness (QED) is 0.900. The molecule has 0 aromatic heterocycles. The third-order valence-corrected chi connectivity index (χ3v) is 4.16. The van der Waals surface area contributed by atoms with Crippen molar-refractivity contribution in [2.45, 2.75) is 12.8 Å². The molecule has 0 aliphatic carbocycles. The summed E-state index contributed by atoms with van der Waals surface area (Å²) in [4.78, 5) is 12.2. The lowest BCUT2D eigenvalue weighted by molar-refractivity contribution is -0.118. The smallest absolute Gasteiger partial charge is 0.250 e. The first-order valence-electron chi connectivity index (χ1n) is 7.34. The van der Waals surface area contributed by atoms with E-state index in [1.54, 1.807) is 6.07 Å². The topological polar surface area (TPSA) is 50.4 Å². The number of halogens is 1. The third kappa shape index (κ3) is 3.57. The highest BCUT2D eigenvalue weighted by Crippen LogP contribution is 2.28. The summed E-state index contributed by atoms with van der Waals surface area (Å²) in [5.41, 5.74) is 1.51. The molecule has 1 amide bonds. The summed E-state index contributed by atoms with van der Waals surface area (Å²) in [6.45, 7) is 3.09. The number of hydrogen-bond donors (Lipinski definition) is 2. The number of benzene rings is 1. The van der Waals surface area contributed by atoms with E-state index in [0.29, 0.717) is 29.7 Å². The van der Waals surface area contributed by atoms with Crippen LogP contribution in [0.1, 0.15) is 18.4 Å². The first-order chi connectivity index (χ1) is 10.2. The van der Waals surface area contributed by atoms with Gasteiger partial charge < -0.3 is 15.4 Å². The first-order valence-corrected chi connectivity index (χ1v) is 7.72. The van der Waals surface area contributed by atoms with Crippen LogP contribution in [0.2, 0.25) is 5.02 Å². The molecule has 3 rings (SSSR count). The average Bonchev–Trinajstić information content (AvgIpc) is 2.53. The Morgan fingerprint density at radius 3 is 3.19 bits per heavy atom. The van der Waals surface area contributed by atoms with Crippen LogP contribution < -0.4 is 15.4 Å². The molecule has 1 aromatic carbocycles. The minimum atomic E-state index is -0.0498. The van der Waals surface area contributed by atoms with Gasteiger partial charge >= 0.3 is 0 Å². The molecular weight excluding hydrogens is 288 g/mol. The molecule has 1 saturated heterocycles. The van der Waals surface area contributed by atoms with E-state index in [4.69, 9.17) is 16.3 Å². The van der Waals surface area contributed by atoms with Crippen molar-refractivity contribution in [3.05, 3.63) is 34.4 Å². The van der Waals surface area contributed by atoms with Gasteiger partial charge in [0.1, 0.15) is 12.4 Å². The van der Waals surface area contributed by atoms with Crippen LogP contribution in [-0.2, 0) is 4.79 Å². The maximum atomic E-state index is 12.2. The zero-order chi connectivity index (χ0) is 14.7. The molecule has 2 aliphatic heterocycles. The summed E-state index contributed by atoms with van der Waals surface area (Å²) in [6.07, 6.45) is 4.21. The summed E-state index contributed by atoms with van der Waals surface area (Å²) >= 11 is 5.97. The van der Waals surface area contributed by atoms with Crippen molar-refractivity contribution in [3.8, 4) is 5.75 Å². The summed E-state index contributed by atoms with van der Waals surface area (Å²) in [5.74, 6) is 1.24. The molecule has 0 radical (unpaired) electrons. The fourth-order valence-electron chi connectivity index (χ4n) is 2.73. The fourth-order valence-corrected chi connectivity index (χ4v) is 2.91. The lowest BCUT2D eigenvalue weighted by Crippen LogP contribution is -2.39. The summed E-state index contributed by atoms with van der Waals surface area (Å²) in [5, 5.41) is 7.00. The van der Waals surface area contributed by atoms with Crippen LogP contribution in [0.25, 0.3) is 6.08 Å². The van der Waals surface area contributed by atoms with Crippen LogP contribution in [0.3, 0.4) is 0 Å². The van der Waals surface area contributed by atoms with Crippen molar-refractivity contribution in [1.82, 2.24) is 10.6 Å². The molecule has 1 unspecified atom stereocenters. The molecule has 21 heavy (non-hydrogen) atoms. The summed E-state index contributed by atoms with van der Waals surface area (Å²) in [6, 6.07) is 5.43. The maximum absolute atomic E-state index is 12.2. The van der Waals surface area contributed by atoms with Crippen LogP contribution in [0, 0.1) is 5.92 Å². The molecule has 1 atom stereocenters. The number of carbonyl (C=O) groups is 1. The zero-order valence-electron chi connectivity index (χ0n) is 11.8. The van der Waals surface area contributed by atoms with Gasteiger partial charge in [-0.25, -0.2) is 0 Å².